The second-order valence-electron chi connectivity index (χ2n) is 5.42. The van der Waals surface area contributed by atoms with E-state index in [1.165, 1.54) is 6.42 Å². The number of rotatable bonds is 10. The summed E-state index contributed by atoms with van der Waals surface area (Å²) in [6.45, 7) is 6.81. The minimum absolute atomic E-state index is 0.401. The summed E-state index contributed by atoms with van der Waals surface area (Å²) in [5.74, 6) is 0.717. The molecule has 19 heavy (non-hydrogen) atoms. The van der Waals surface area contributed by atoms with Crippen molar-refractivity contribution in [3.05, 3.63) is 18.0 Å². The molecule has 1 aromatic heterocycles. The number of aromatic nitrogens is 2. The van der Waals surface area contributed by atoms with Gasteiger partial charge in [0, 0.05) is 38.5 Å². The van der Waals surface area contributed by atoms with Gasteiger partial charge in [-0.15, -0.1) is 0 Å². The first-order chi connectivity index (χ1) is 9.08. The summed E-state index contributed by atoms with van der Waals surface area (Å²) in [7, 11) is 1.89. The topological polar surface area (TPSA) is 59.3 Å². The van der Waals surface area contributed by atoms with Crippen molar-refractivity contribution in [1.29, 1.82) is 0 Å². The molecule has 0 aliphatic carbocycles. The Morgan fingerprint density at radius 2 is 2.26 bits per heavy atom. The van der Waals surface area contributed by atoms with Crippen LogP contribution in [0.25, 0.3) is 0 Å². The lowest BCUT2D eigenvalue weighted by Crippen LogP contribution is -2.30. The Kier molecular flexibility index (Phi) is 7.70. The molecule has 0 saturated carbocycles. The third-order valence-corrected chi connectivity index (χ3v) is 2.85. The van der Waals surface area contributed by atoms with Crippen LogP contribution in [0.2, 0.25) is 0 Å². The fourth-order valence-corrected chi connectivity index (χ4v) is 1.82. The van der Waals surface area contributed by atoms with Crippen molar-refractivity contribution in [2.45, 2.75) is 39.3 Å². The minimum Gasteiger partial charge on any atom is -0.389 e. The number of aliphatic hydroxyl groups is 1. The van der Waals surface area contributed by atoms with Crippen LogP contribution in [-0.4, -0.2) is 40.7 Å². The van der Waals surface area contributed by atoms with E-state index in [2.05, 4.69) is 24.3 Å². The average molecular weight is 269 g/mol. The van der Waals surface area contributed by atoms with E-state index in [1.807, 2.05) is 19.4 Å². The third kappa shape index (κ3) is 7.97. The number of aryl methyl sites for hydroxylation is 1. The Labute approximate surface area is 116 Å². The van der Waals surface area contributed by atoms with Gasteiger partial charge in [0.25, 0.3) is 0 Å². The highest BCUT2D eigenvalue weighted by atomic mass is 16.5. The molecule has 1 unspecified atom stereocenters. The van der Waals surface area contributed by atoms with Gasteiger partial charge in [0.2, 0.25) is 0 Å². The number of nitrogens with one attached hydrogen (secondary N) is 1. The highest BCUT2D eigenvalue weighted by molar-refractivity contribution is 5.02. The van der Waals surface area contributed by atoms with Crippen LogP contribution in [-0.2, 0) is 18.3 Å². The summed E-state index contributed by atoms with van der Waals surface area (Å²) >= 11 is 0. The molecule has 0 fully saturated rings. The zero-order chi connectivity index (χ0) is 14.1. The van der Waals surface area contributed by atoms with E-state index in [9.17, 15) is 5.11 Å². The van der Waals surface area contributed by atoms with Crippen LogP contribution in [0.15, 0.2) is 12.4 Å². The van der Waals surface area contributed by atoms with Gasteiger partial charge in [0.1, 0.15) is 0 Å². The highest BCUT2D eigenvalue weighted by Gasteiger charge is 2.04. The molecule has 1 heterocycles. The molecule has 0 amide bonds. The molecule has 0 bridgehead atoms. The van der Waals surface area contributed by atoms with Gasteiger partial charge in [0.05, 0.1) is 18.9 Å². The fourth-order valence-electron chi connectivity index (χ4n) is 1.82. The first-order valence-corrected chi connectivity index (χ1v) is 7.02. The molecule has 1 rings (SSSR count). The monoisotopic (exact) mass is 269 g/mol. The van der Waals surface area contributed by atoms with Crippen molar-refractivity contribution in [3.8, 4) is 0 Å². The molecule has 110 valence electrons. The van der Waals surface area contributed by atoms with Crippen LogP contribution in [0.4, 0.5) is 0 Å². The smallest absolute Gasteiger partial charge is 0.0897 e. The van der Waals surface area contributed by atoms with E-state index in [0.29, 0.717) is 13.2 Å². The fraction of sp³-hybridized carbons (Fsp3) is 0.786. The lowest BCUT2D eigenvalue weighted by atomic mass is 10.1. The van der Waals surface area contributed by atoms with E-state index in [-0.39, 0.29) is 0 Å². The number of ether oxygens (including phenoxy) is 1. The van der Waals surface area contributed by atoms with Gasteiger partial charge in [-0.1, -0.05) is 13.8 Å². The molecule has 0 saturated heterocycles. The van der Waals surface area contributed by atoms with E-state index < -0.39 is 6.10 Å². The van der Waals surface area contributed by atoms with Crippen LogP contribution < -0.4 is 5.32 Å². The van der Waals surface area contributed by atoms with E-state index in [4.69, 9.17) is 4.74 Å². The van der Waals surface area contributed by atoms with Crippen LogP contribution in [0, 0.1) is 5.92 Å². The number of hydrogen-bond donors (Lipinski definition) is 2. The van der Waals surface area contributed by atoms with Crippen molar-refractivity contribution in [2.24, 2.45) is 13.0 Å². The third-order valence-electron chi connectivity index (χ3n) is 2.85. The summed E-state index contributed by atoms with van der Waals surface area (Å²) in [4.78, 5) is 0. The second-order valence-corrected chi connectivity index (χ2v) is 5.42. The zero-order valence-corrected chi connectivity index (χ0v) is 12.3. The molecular formula is C14H27N3O2. The number of aliphatic hydroxyl groups excluding tert-OH is 1. The molecule has 0 aliphatic heterocycles. The van der Waals surface area contributed by atoms with Crippen molar-refractivity contribution in [1.82, 2.24) is 15.1 Å². The van der Waals surface area contributed by atoms with Crippen molar-refractivity contribution >= 4 is 0 Å². The van der Waals surface area contributed by atoms with E-state index >= 15 is 0 Å². The maximum atomic E-state index is 9.73. The Morgan fingerprint density at radius 1 is 1.47 bits per heavy atom. The van der Waals surface area contributed by atoms with Crippen LogP contribution in [0.5, 0.6) is 0 Å². The van der Waals surface area contributed by atoms with Gasteiger partial charge in [-0.25, -0.2) is 0 Å². The van der Waals surface area contributed by atoms with Crippen molar-refractivity contribution in [2.75, 3.05) is 19.8 Å². The molecule has 0 radical (unpaired) electrons. The van der Waals surface area contributed by atoms with E-state index in [0.717, 1.165) is 31.1 Å². The standard InChI is InChI=1S/C14H27N3O2/c1-12(2)5-4-6-19-11-14(18)9-15-7-13-8-16-17(3)10-13/h8,10,12,14-15,18H,4-7,9,11H2,1-3H3. The predicted octanol–water partition coefficient (Wildman–Crippen LogP) is 1.32. The lowest BCUT2D eigenvalue weighted by Gasteiger charge is -2.12. The maximum absolute atomic E-state index is 9.73. The van der Waals surface area contributed by atoms with Crippen molar-refractivity contribution in [3.63, 3.8) is 0 Å². The Bertz CT molecular complexity index is 339. The molecular weight excluding hydrogens is 242 g/mol. The van der Waals surface area contributed by atoms with Gasteiger partial charge in [-0.05, 0) is 18.8 Å². The Morgan fingerprint density at radius 3 is 2.89 bits per heavy atom. The lowest BCUT2D eigenvalue weighted by molar-refractivity contribution is 0.0346. The minimum atomic E-state index is -0.448. The van der Waals surface area contributed by atoms with Crippen LogP contribution in [0.3, 0.4) is 0 Å². The van der Waals surface area contributed by atoms with Gasteiger partial charge in [0.15, 0.2) is 0 Å². The van der Waals surface area contributed by atoms with Gasteiger partial charge in [-0.3, -0.25) is 4.68 Å². The van der Waals surface area contributed by atoms with Gasteiger partial charge in [-0.2, -0.15) is 5.10 Å². The number of nitrogens with zero attached hydrogens (tertiary/aromatic N) is 2. The number of hydrogen-bond acceptors (Lipinski definition) is 4. The first-order valence-electron chi connectivity index (χ1n) is 7.02. The largest absolute Gasteiger partial charge is 0.389 e. The van der Waals surface area contributed by atoms with Crippen molar-refractivity contribution < 1.29 is 9.84 Å². The quantitative estimate of drug-likeness (QED) is 0.629. The molecule has 0 aliphatic rings. The summed E-state index contributed by atoms with van der Waals surface area (Å²) in [5, 5.41) is 17.0. The molecule has 1 atom stereocenters. The van der Waals surface area contributed by atoms with Crippen LogP contribution >= 0.6 is 0 Å². The molecule has 0 aromatic carbocycles. The predicted molar refractivity (Wildman–Crippen MR) is 75.8 cm³/mol. The SMILES string of the molecule is CC(C)CCCOCC(O)CNCc1cnn(C)c1. The maximum Gasteiger partial charge on any atom is 0.0897 e. The summed E-state index contributed by atoms with van der Waals surface area (Å²) in [6.07, 6.45) is 5.57. The molecule has 5 heteroatoms. The van der Waals surface area contributed by atoms with Gasteiger partial charge < -0.3 is 15.2 Å². The van der Waals surface area contributed by atoms with E-state index in [1.54, 1.807) is 4.68 Å². The normalized spacial score (nSPS) is 13.1. The summed E-state index contributed by atoms with van der Waals surface area (Å²) < 4.78 is 7.22. The Hall–Kier alpha value is -0.910. The summed E-state index contributed by atoms with van der Waals surface area (Å²) in [6, 6.07) is 0. The molecule has 1 aromatic rings. The first kappa shape index (κ1) is 16.1. The molecule has 5 nitrogen and oxygen atoms in total. The zero-order valence-electron chi connectivity index (χ0n) is 12.3. The highest BCUT2D eigenvalue weighted by Crippen LogP contribution is 2.03. The van der Waals surface area contributed by atoms with Gasteiger partial charge >= 0.3 is 0 Å². The average Bonchev–Trinajstić information content (AvgIpc) is 2.74. The molecule has 2 N–H and O–H groups in total. The van der Waals surface area contributed by atoms with Crippen LogP contribution in [0.1, 0.15) is 32.3 Å². The summed E-state index contributed by atoms with van der Waals surface area (Å²) in [5.41, 5.74) is 1.12. The molecule has 0 spiro atoms. The Balaban J connectivity index is 1.97. The second kappa shape index (κ2) is 9.07.